The first-order chi connectivity index (χ1) is 19.4. The Kier molecular flexibility index (Phi) is 7.77. The lowest BCUT2D eigenvalue weighted by molar-refractivity contribution is 0.276. The highest BCUT2D eigenvalue weighted by molar-refractivity contribution is 5.52. The molecule has 0 bridgehead atoms. The number of nitrogens with one attached hydrogen (secondary N) is 2. The molecule has 2 heterocycles. The van der Waals surface area contributed by atoms with Crippen molar-refractivity contribution in [2.45, 2.75) is 40.0 Å². The van der Waals surface area contributed by atoms with Crippen molar-refractivity contribution in [3.05, 3.63) is 128 Å². The van der Waals surface area contributed by atoms with Gasteiger partial charge in [-0.15, -0.1) is 0 Å². The number of para-hydroxylation sites is 2. The van der Waals surface area contributed by atoms with E-state index in [0.717, 1.165) is 12.0 Å². The second-order valence-corrected chi connectivity index (χ2v) is 9.67. The van der Waals surface area contributed by atoms with Gasteiger partial charge in [0.25, 0.3) is 11.1 Å². The highest BCUT2D eigenvalue weighted by Gasteiger charge is 2.31. The fraction of sp³-hybridized carbons (Fsp3) is 0.250. The fourth-order valence-electron chi connectivity index (χ4n) is 5.10. The van der Waals surface area contributed by atoms with Crippen LogP contribution < -0.4 is 20.6 Å². The third kappa shape index (κ3) is 5.00. The van der Waals surface area contributed by atoms with Gasteiger partial charge in [0.15, 0.2) is 11.5 Å². The summed E-state index contributed by atoms with van der Waals surface area (Å²) in [7, 11) is 0. The van der Waals surface area contributed by atoms with E-state index in [0.29, 0.717) is 58.6 Å². The van der Waals surface area contributed by atoms with Crippen molar-refractivity contribution in [2.75, 3.05) is 13.2 Å². The molecule has 0 saturated carbocycles. The largest absolute Gasteiger partial charge is 0.490 e. The van der Waals surface area contributed by atoms with Crippen molar-refractivity contribution in [3.8, 4) is 22.9 Å². The maximum absolute atomic E-state index is 14.1. The zero-order chi connectivity index (χ0) is 28.2. The van der Waals surface area contributed by atoms with Crippen molar-refractivity contribution in [3.63, 3.8) is 0 Å². The Morgan fingerprint density at radius 3 is 1.70 bits per heavy atom. The van der Waals surface area contributed by atoms with Gasteiger partial charge in [-0.3, -0.25) is 19.8 Å². The van der Waals surface area contributed by atoms with E-state index in [1.807, 2.05) is 107 Å². The zero-order valence-corrected chi connectivity index (χ0v) is 23.2. The molecule has 0 amide bonds. The van der Waals surface area contributed by atoms with Gasteiger partial charge in [0.1, 0.15) is 0 Å². The molecular weight excluding hydrogens is 504 g/mol. The van der Waals surface area contributed by atoms with Crippen molar-refractivity contribution in [1.82, 2.24) is 19.6 Å². The van der Waals surface area contributed by atoms with Gasteiger partial charge in [-0.1, -0.05) is 49.4 Å². The molecule has 0 atom stereocenters. The van der Waals surface area contributed by atoms with Crippen LogP contribution in [-0.2, 0) is 0 Å². The predicted octanol–water partition coefficient (Wildman–Crippen LogP) is 5.63. The van der Waals surface area contributed by atoms with Crippen molar-refractivity contribution >= 4 is 0 Å². The highest BCUT2D eigenvalue weighted by Crippen LogP contribution is 2.37. The van der Waals surface area contributed by atoms with Crippen molar-refractivity contribution in [2.24, 2.45) is 0 Å². The van der Waals surface area contributed by atoms with Crippen LogP contribution in [-0.4, -0.2) is 32.8 Å². The summed E-state index contributed by atoms with van der Waals surface area (Å²) in [4.78, 5) is 28.1. The van der Waals surface area contributed by atoms with Crippen LogP contribution in [0.2, 0.25) is 0 Å². The average molecular weight is 539 g/mol. The van der Waals surface area contributed by atoms with E-state index in [1.54, 1.807) is 0 Å². The molecule has 0 saturated heterocycles. The zero-order valence-electron chi connectivity index (χ0n) is 23.2. The van der Waals surface area contributed by atoms with Crippen LogP contribution in [0.4, 0.5) is 0 Å². The first-order valence-electron chi connectivity index (χ1n) is 13.6. The molecular formula is C32H34N4O4. The maximum atomic E-state index is 14.1. The van der Waals surface area contributed by atoms with Crippen LogP contribution >= 0.6 is 0 Å². The molecule has 0 aliphatic heterocycles. The number of rotatable bonds is 10. The molecule has 8 nitrogen and oxygen atoms in total. The van der Waals surface area contributed by atoms with Crippen molar-refractivity contribution in [1.29, 1.82) is 0 Å². The number of H-pyrrole nitrogens is 2. The van der Waals surface area contributed by atoms with Crippen LogP contribution in [0.5, 0.6) is 11.5 Å². The molecule has 0 radical (unpaired) electrons. The Morgan fingerprint density at radius 2 is 1.23 bits per heavy atom. The van der Waals surface area contributed by atoms with Gasteiger partial charge in [-0.05, 0) is 69.2 Å². The average Bonchev–Trinajstić information content (AvgIpc) is 3.44. The number of nitrogens with zero attached hydrogens (tertiary/aromatic N) is 2. The van der Waals surface area contributed by atoms with E-state index in [9.17, 15) is 9.59 Å². The predicted molar refractivity (Wildman–Crippen MR) is 157 cm³/mol. The van der Waals surface area contributed by atoms with Crippen LogP contribution in [0.3, 0.4) is 0 Å². The third-order valence-electron chi connectivity index (χ3n) is 6.90. The van der Waals surface area contributed by atoms with E-state index in [2.05, 4.69) is 10.2 Å². The monoisotopic (exact) mass is 538 g/mol. The number of aromatic amines is 2. The smallest absolute Gasteiger partial charge is 0.275 e. The summed E-state index contributed by atoms with van der Waals surface area (Å²) in [6.07, 6.45) is 0.860. The van der Waals surface area contributed by atoms with E-state index >= 15 is 0 Å². The molecule has 0 spiro atoms. The molecule has 5 rings (SSSR count). The van der Waals surface area contributed by atoms with Gasteiger partial charge < -0.3 is 9.47 Å². The summed E-state index contributed by atoms with van der Waals surface area (Å²) in [5.74, 6) is 0.541. The standard InChI is InChI=1S/C32H34N4O4/c1-5-19-40-26-18-17-23(20-27(26)39-6-2)30(28-21(3)33-35(31(28)37)24-13-9-7-10-14-24)29-22(4)34-36(32(29)38)25-15-11-8-12-16-25/h7-18,20,30,33-34H,5-6,19H2,1-4H3. The lowest BCUT2D eigenvalue weighted by Crippen LogP contribution is -2.25. The quantitative estimate of drug-likeness (QED) is 0.241. The fourth-order valence-corrected chi connectivity index (χ4v) is 5.10. The van der Waals surface area contributed by atoms with Crippen LogP contribution in [0.15, 0.2) is 88.5 Å². The van der Waals surface area contributed by atoms with Gasteiger partial charge >= 0.3 is 0 Å². The molecule has 2 N–H and O–H groups in total. The summed E-state index contributed by atoms with van der Waals surface area (Å²) in [6.45, 7) is 8.69. The number of aryl methyl sites for hydroxylation is 2. The van der Waals surface area contributed by atoms with E-state index in [-0.39, 0.29) is 11.1 Å². The van der Waals surface area contributed by atoms with E-state index in [4.69, 9.17) is 9.47 Å². The number of aromatic nitrogens is 4. The summed E-state index contributed by atoms with van der Waals surface area (Å²) >= 11 is 0. The number of hydrogen-bond donors (Lipinski definition) is 2. The second kappa shape index (κ2) is 11.6. The second-order valence-electron chi connectivity index (χ2n) is 9.67. The van der Waals surface area contributed by atoms with Gasteiger partial charge in [-0.25, -0.2) is 9.36 Å². The lowest BCUT2D eigenvalue weighted by Gasteiger charge is -2.19. The first-order valence-corrected chi connectivity index (χ1v) is 13.6. The third-order valence-corrected chi connectivity index (χ3v) is 6.90. The van der Waals surface area contributed by atoms with E-state index in [1.165, 1.54) is 9.36 Å². The lowest BCUT2D eigenvalue weighted by atomic mass is 9.85. The molecule has 0 fully saturated rings. The summed E-state index contributed by atoms with van der Waals surface area (Å²) in [6, 6.07) is 24.5. The minimum Gasteiger partial charge on any atom is -0.490 e. The Labute approximate surface area is 232 Å². The Balaban J connectivity index is 1.76. The van der Waals surface area contributed by atoms with Crippen LogP contribution in [0.25, 0.3) is 11.4 Å². The van der Waals surface area contributed by atoms with Crippen molar-refractivity contribution < 1.29 is 9.47 Å². The minimum atomic E-state index is -0.665. The summed E-state index contributed by atoms with van der Waals surface area (Å²) < 4.78 is 14.9. The topological polar surface area (TPSA) is 94.0 Å². The van der Waals surface area contributed by atoms with Crippen LogP contribution in [0, 0.1) is 13.8 Å². The SMILES string of the molecule is CCCOc1ccc(C(c2c(C)[nH]n(-c3ccccc3)c2=O)c2c(C)[nH]n(-c3ccccc3)c2=O)cc1OCC. The maximum Gasteiger partial charge on any atom is 0.275 e. The molecule has 0 unspecified atom stereocenters. The molecule has 3 aromatic carbocycles. The Hall–Kier alpha value is -4.72. The molecule has 206 valence electrons. The Morgan fingerprint density at radius 1 is 0.700 bits per heavy atom. The molecule has 5 aromatic rings. The molecule has 8 heteroatoms. The van der Waals surface area contributed by atoms with Gasteiger partial charge in [0, 0.05) is 17.3 Å². The van der Waals surface area contributed by atoms with Gasteiger partial charge in [0.2, 0.25) is 0 Å². The highest BCUT2D eigenvalue weighted by atomic mass is 16.5. The number of hydrogen-bond acceptors (Lipinski definition) is 4. The first kappa shape index (κ1) is 26.9. The Bertz CT molecular complexity index is 1610. The van der Waals surface area contributed by atoms with E-state index < -0.39 is 5.92 Å². The minimum absolute atomic E-state index is 0.218. The molecule has 0 aliphatic rings. The molecule has 40 heavy (non-hydrogen) atoms. The molecule has 2 aromatic heterocycles. The molecule has 0 aliphatic carbocycles. The van der Waals surface area contributed by atoms with Gasteiger partial charge in [0.05, 0.1) is 35.7 Å². The number of benzene rings is 3. The normalized spacial score (nSPS) is 11.2. The summed E-state index contributed by atoms with van der Waals surface area (Å²) in [5.41, 5.74) is 4.09. The number of ether oxygens (including phenoxy) is 2. The van der Waals surface area contributed by atoms with Gasteiger partial charge in [-0.2, -0.15) is 0 Å². The van der Waals surface area contributed by atoms with Crippen LogP contribution in [0.1, 0.15) is 54.3 Å². The summed E-state index contributed by atoms with van der Waals surface area (Å²) in [5, 5.41) is 6.47.